The van der Waals surface area contributed by atoms with Crippen LogP contribution in [0.2, 0.25) is 0 Å². The summed E-state index contributed by atoms with van der Waals surface area (Å²) < 4.78 is 0. The number of amides is 1. The van der Waals surface area contributed by atoms with E-state index in [2.05, 4.69) is 0 Å². The van der Waals surface area contributed by atoms with Crippen LogP contribution in [0.4, 0.5) is 0 Å². The van der Waals surface area contributed by atoms with E-state index in [1.54, 1.807) is 11.8 Å². The summed E-state index contributed by atoms with van der Waals surface area (Å²) in [5.74, 6) is 1.37. The van der Waals surface area contributed by atoms with E-state index in [0.717, 1.165) is 38.0 Å². The Labute approximate surface area is 99.8 Å². The minimum atomic E-state index is 0.0219. The molecule has 0 aromatic heterocycles. The van der Waals surface area contributed by atoms with Crippen LogP contribution in [0.25, 0.3) is 0 Å². The Morgan fingerprint density at radius 3 is 2.80 bits per heavy atom. The average molecular weight is 244 g/mol. The first-order valence-electron chi connectivity index (χ1n) is 5.41. The molecule has 2 fully saturated rings. The van der Waals surface area contributed by atoms with Gasteiger partial charge in [-0.15, -0.1) is 11.8 Å². The number of carbonyl (C=O) groups excluding carboxylic acids is 1. The second kappa shape index (κ2) is 4.70. The van der Waals surface area contributed by atoms with Crippen LogP contribution in [0.5, 0.6) is 0 Å². The predicted molar refractivity (Wildman–Crippen MR) is 67.0 cm³/mol. The van der Waals surface area contributed by atoms with Gasteiger partial charge in [0.25, 0.3) is 0 Å². The first-order chi connectivity index (χ1) is 7.20. The quantitative estimate of drug-likeness (QED) is 0.741. The van der Waals surface area contributed by atoms with E-state index in [4.69, 9.17) is 18.0 Å². The number of hydrogen-bond donors (Lipinski definition) is 1. The van der Waals surface area contributed by atoms with E-state index in [1.165, 1.54) is 0 Å². The summed E-state index contributed by atoms with van der Waals surface area (Å²) in [6.07, 6.45) is 4.15. The van der Waals surface area contributed by atoms with E-state index >= 15 is 0 Å². The third-order valence-corrected chi connectivity index (χ3v) is 4.71. The monoisotopic (exact) mass is 244 g/mol. The molecule has 2 rings (SSSR count). The third kappa shape index (κ3) is 2.28. The third-order valence-electron chi connectivity index (χ3n) is 3.07. The van der Waals surface area contributed by atoms with Crippen molar-refractivity contribution in [1.82, 2.24) is 4.90 Å². The SMILES string of the molecule is NC(=S)C1CCCN1C(=O)C1CCCS1. The highest BCUT2D eigenvalue weighted by molar-refractivity contribution is 8.00. The molecule has 0 bridgehead atoms. The first-order valence-corrected chi connectivity index (χ1v) is 6.87. The highest BCUT2D eigenvalue weighted by Gasteiger charge is 2.35. The smallest absolute Gasteiger partial charge is 0.236 e. The maximum atomic E-state index is 12.2. The van der Waals surface area contributed by atoms with Crippen LogP contribution in [0.1, 0.15) is 25.7 Å². The number of thioether (sulfide) groups is 1. The summed E-state index contributed by atoms with van der Waals surface area (Å²) in [5.41, 5.74) is 5.66. The summed E-state index contributed by atoms with van der Waals surface area (Å²) in [6, 6.07) is 0.0219. The molecule has 0 aromatic carbocycles. The molecule has 3 nitrogen and oxygen atoms in total. The molecule has 2 aliphatic heterocycles. The van der Waals surface area contributed by atoms with Gasteiger partial charge in [-0.1, -0.05) is 12.2 Å². The molecular weight excluding hydrogens is 228 g/mol. The molecule has 0 spiro atoms. The summed E-state index contributed by atoms with van der Waals surface area (Å²) in [4.78, 5) is 14.5. The van der Waals surface area contributed by atoms with Gasteiger partial charge in [0.05, 0.1) is 16.3 Å². The lowest BCUT2D eigenvalue weighted by Crippen LogP contribution is -2.45. The van der Waals surface area contributed by atoms with Crippen LogP contribution >= 0.6 is 24.0 Å². The summed E-state index contributed by atoms with van der Waals surface area (Å²) in [5, 5.41) is 0.167. The molecule has 2 N–H and O–H groups in total. The van der Waals surface area contributed by atoms with Gasteiger partial charge in [-0.25, -0.2) is 0 Å². The van der Waals surface area contributed by atoms with E-state index in [1.807, 2.05) is 4.90 Å². The fourth-order valence-electron chi connectivity index (χ4n) is 2.28. The normalized spacial score (nSPS) is 30.8. The standard InChI is InChI=1S/C10H16N2OS2/c11-9(14)7-3-1-5-12(7)10(13)8-4-2-6-15-8/h7-8H,1-6H2,(H2,11,14). The van der Waals surface area contributed by atoms with Crippen LogP contribution in [-0.2, 0) is 4.79 Å². The molecule has 2 saturated heterocycles. The number of thiocarbonyl (C=S) groups is 1. The Morgan fingerprint density at radius 1 is 1.40 bits per heavy atom. The molecular formula is C10H16N2OS2. The van der Waals surface area contributed by atoms with Gasteiger partial charge in [0.1, 0.15) is 0 Å². The van der Waals surface area contributed by atoms with Crippen molar-refractivity contribution in [3.63, 3.8) is 0 Å². The number of rotatable bonds is 2. The number of nitrogens with two attached hydrogens (primary N) is 1. The Bertz CT molecular complexity index is 277. The average Bonchev–Trinajstić information content (AvgIpc) is 2.88. The molecule has 0 aromatic rings. The Morgan fingerprint density at radius 2 is 2.20 bits per heavy atom. The zero-order chi connectivity index (χ0) is 10.8. The Balaban J connectivity index is 2.02. The Kier molecular flexibility index (Phi) is 3.51. The van der Waals surface area contributed by atoms with Crippen molar-refractivity contribution in [2.24, 2.45) is 5.73 Å². The van der Waals surface area contributed by atoms with Gasteiger partial charge in [0.15, 0.2) is 0 Å². The van der Waals surface area contributed by atoms with Crippen LogP contribution in [0, 0.1) is 0 Å². The second-order valence-electron chi connectivity index (χ2n) is 4.09. The molecule has 0 saturated carbocycles. The van der Waals surface area contributed by atoms with Gasteiger partial charge in [0.2, 0.25) is 5.91 Å². The minimum Gasteiger partial charge on any atom is -0.392 e. The lowest BCUT2D eigenvalue weighted by Gasteiger charge is -2.26. The maximum absolute atomic E-state index is 12.2. The molecule has 15 heavy (non-hydrogen) atoms. The maximum Gasteiger partial charge on any atom is 0.236 e. The highest BCUT2D eigenvalue weighted by atomic mass is 32.2. The number of hydrogen-bond acceptors (Lipinski definition) is 3. The second-order valence-corrected chi connectivity index (χ2v) is 5.88. The zero-order valence-corrected chi connectivity index (χ0v) is 10.3. The van der Waals surface area contributed by atoms with Crippen LogP contribution < -0.4 is 5.73 Å². The van der Waals surface area contributed by atoms with Crippen molar-refractivity contribution in [2.45, 2.75) is 37.0 Å². The number of nitrogens with zero attached hydrogens (tertiary/aromatic N) is 1. The van der Waals surface area contributed by atoms with Gasteiger partial charge in [0, 0.05) is 6.54 Å². The van der Waals surface area contributed by atoms with E-state index < -0.39 is 0 Å². The molecule has 84 valence electrons. The topological polar surface area (TPSA) is 46.3 Å². The van der Waals surface area contributed by atoms with E-state index in [-0.39, 0.29) is 17.2 Å². The Hall–Kier alpha value is -0.290. The van der Waals surface area contributed by atoms with Crippen LogP contribution in [0.3, 0.4) is 0 Å². The van der Waals surface area contributed by atoms with E-state index in [0.29, 0.717) is 4.99 Å². The molecule has 1 amide bonds. The molecule has 2 heterocycles. The molecule has 0 aliphatic carbocycles. The summed E-state index contributed by atoms with van der Waals surface area (Å²) >= 11 is 6.78. The lowest BCUT2D eigenvalue weighted by molar-refractivity contribution is -0.130. The van der Waals surface area contributed by atoms with Crippen molar-refractivity contribution < 1.29 is 4.79 Å². The van der Waals surface area contributed by atoms with E-state index in [9.17, 15) is 4.79 Å². The van der Waals surface area contributed by atoms with Crippen LogP contribution in [-0.4, -0.2) is 39.4 Å². The molecule has 0 radical (unpaired) electrons. The number of likely N-dealkylation sites (tertiary alicyclic amines) is 1. The van der Waals surface area contributed by atoms with Gasteiger partial charge in [-0.3, -0.25) is 4.79 Å². The minimum absolute atomic E-state index is 0.0219. The number of carbonyl (C=O) groups is 1. The molecule has 2 unspecified atom stereocenters. The van der Waals surface area contributed by atoms with Crippen LogP contribution in [0.15, 0.2) is 0 Å². The van der Waals surface area contributed by atoms with Gasteiger partial charge < -0.3 is 10.6 Å². The summed E-state index contributed by atoms with van der Waals surface area (Å²) in [6.45, 7) is 0.831. The lowest BCUT2D eigenvalue weighted by atomic mass is 10.2. The van der Waals surface area contributed by atoms with Crippen molar-refractivity contribution in [1.29, 1.82) is 0 Å². The van der Waals surface area contributed by atoms with Gasteiger partial charge in [-0.05, 0) is 31.4 Å². The molecule has 5 heteroatoms. The largest absolute Gasteiger partial charge is 0.392 e. The predicted octanol–water partition coefficient (Wildman–Crippen LogP) is 1.16. The van der Waals surface area contributed by atoms with Crippen molar-refractivity contribution in [3.05, 3.63) is 0 Å². The van der Waals surface area contributed by atoms with Gasteiger partial charge >= 0.3 is 0 Å². The fraction of sp³-hybridized carbons (Fsp3) is 0.800. The van der Waals surface area contributed by atoms with Crippen molar-refractivity contribution in [3.8, 4) is 0 Å². The zero-order valence-electron chi connectivity index (χ0n) is 8.65. The fourth-order valence-corrected chi connectivity index (χ4v) is 3.76. The van der Waals surface area contributed by atoms with Crippen molar-refractivity contribution >= 4 is 34.9 Å². The van der Waals surface area contributed by atoms with Crippen molar-refractivity contribution in [2.75, 3.05) is 12.3 Å². The molecule has 2 aliphatic rings. The molecule has 2 atom stereocenters. The highest BCUT2D eigenvalue weighted by Crippen LogP contribution is 2.30. The summed E-state index contributed by atoms with van der Waals surface area (Å²) in [7, 11) is 0. The first kappa shape index (κ1) is 11.2. The van der Waals surface area contributed by atoms with Gasteiger partial charge in [-0.2, -0.15) is 0 Å².